The molecule has 0 aromatic carbocycles. The van der Waals surface area contributed by atoms with Crippen LogP contribution in [0.4, 0.5) is 0 Å². The Labute approximate surface area is 122 Å². The van der Waals surface area contributed by atoms with Crippen molar-refractivity contribution in [3.8, 4) is 0 Å². The van der Waals surface area contributed by atoms with Gasteiger partial charge in [0.2, 0.25) is 11.8 Å². The molecule has 1 atom stereocenters. The van der Waals surface area contributed by atoms with Gasteiger partial charge in [-0.15, -0.1) is 0 Å². The Morgan fingerprint density at radius 3 is 2.20 bits per heavy atom. The molecule has 5 heteroatoms. The van der Waals surface area contributed by atoms with Crippen LogP contribution in [0, 0.1) is 0 Å². The fourth-order valence-corrected chi connectivity index (χ4v) is 2.58. The molecule has 1 heterocycles. The van der Waals surface area contributed by atoms with Gasteiger partial charge in [0.05, 0.1) is 13.1 Å². The molecule has 0 spiro atoms. The first-order valence-corrected chi connectivity index (χ1v) is 7.87. The predicted molar refractivity (Wildman–Crippen MR) is 80.4 cm³/mol. The number of piperazine rings is 1. The molecule has 0 aliphatic carbocycles. The van der Waals surface area contributed by atoms with Crippen LogP contribution in [0.25, 0.3) is 0 Å². The number of carbonyl (C=O) groups is 2. The van der Waals surface area contributed by atoms with Gasteiger partial charge >= 0.3 is 0 Å². The lowest BCUT2D eigenvalue weighted by atomic mass is 10.1. The van der Waals surface area contributed by atoms with E-state index in [9.17, 15) is 9.59 Å². The summed E-state index contributed by atoms with van der Waals surface area (Å²) in [6.45, 7) is 9.24. The number of carbonyl (C=O) groups excluding carboxylic acids is 2. The third-order valence-electron chi connectivity index (χ3n) is 3.72. The van der Waals surface area contributed by atoms with E-state index in [4.69, 9.17) is 0 Å². The molecule has 1 unspecified atom stereocenters. The minimum absolute atomic E-state index is 0.0902. The van der Waals surface area contributed by atoms with Gasteiger partial charge in [0.1, 0.15) is 0 Å². The van der Waals surface area contributed by atoms with Gasteiger partial charge in [-0.1, -0.05) is 20.3 Å². The average Bonchev–Trinajstić information content (AvgIpc) is 2.40. The van der Waals surface area contributed by atoms with Crippen molar-refractivity contribution >= 4 is 11.8 Å². The first-order valence-electron chi connectivity index (χ1n) is 7.87. The van der Waals surface area contributed by atoms with Gasteiger partial charge in [0.15, 0.2) is 0 Å². The number of hydrogen-bond donors (Lipinski definition) is 1. The van der Waals surface area contributed by atoms with Crippen LogP contribution in [0.2, 0.25) is 0 Å². The Bertz CT molecular complexity index is 320. The van der Waals surface area contributed by atoms with Gasteiger partial charge < -0.3 is 15.1 Å². The highest BCUT2D eigenvalue weighted by atomic mass is 16.2. The van der Waals surface area contributed by atoms with Crippen LogP contribution in [0.15, 0.2) is 0 Å². The second-order valence-electron chi connectivity index (χ2n) is 5.59. The van der Waals surface area contributed by atoms with Gasteiger partial charge in [-0.2, -0.15) is 0 Å². The lowest BCUT2D eigenvalue weighted by Crippen LogP contribution is -2.54. The number of rotatable bonds is 9. The summed E-state index contributed by atoms with van der Waals surface area (Å²) in [5.41, 5.74) is 0. The molecule has 1 rings (SSSR count). The molecule has 1 aliphatic heterocycles. The molecule has 5 nitrogen and oxygen atoms in total. The summed E-state index contributed by atoms with van der Waals surface area (Å²) >= 11 is 0. The molecule has 1 aliphatic rings. The van der Waals surface area contributed by atoms with Gasteiger partial charge in [0, 0.05) is 19.1 Å². The van der Waals surface area contributed by atoms with Crippen molar-refractivity contribution in [1.82, 2.24) is 15.1 Å². The fraction of sp³-hybridized carbons (Fsp3) is 0.867. The Morgan fingerprint density at radius 2 is 1.65 bits per heavy atom. The maximum atomic E-state index is 12.0. The molecule has 0 saturated carbocycles. The van der Waals surface area contributed by atoms with E-state index in [0.717, 1.165) is 32.2 Å². The van der Waals surface area contributed by atoms with Crippen LogP contribution in [0.5, 0.6) is 0 Å². The van der Waals surface area contributed by atoms with Crippen molar-refractivity contribution in [2.75, 3.05) is 32.7 Å². The minimum atomic E-state index is 0.0902. The van der Waals surface area contributed by atoms with E-state index in [2.05, 4.69) is 19.2 Å². The summed E-state index contributed by atoms with van der Waals surface area (Å²) in [6, 6.07) is 0.527. The van der Waals surface area contributed by atoms with Crippen molar-refractivity contribution in [3.63, 3.8) is 0 Å². The number of hydrogen-bond acceptors (Lipinski definition) is 3. The number of unbranched alkanes of at least 4 members (excludes halogenated alkanes) is 1. The van der Waals surface area contributed by atoms with E-state index < -0.39 is 0 Å². The van der Waals surface area contributed by atoms with E-state index in [1.807, 2.05) is 6.92 Å². The second-order valence-corrected chi connectivity index (χ2v) is 5.59. The summed E-state index contributed by atoms with van der Waals surface area (Å²) in [6.07, 6.45) is 4.08. The second kappa shape index (κ2) is 8.95. The first kappa shape index (κ1) is 17.0. The summed E-state index contributed by atoms with van der Waals surface area (Å²) < 4.78 is 0. The maximum Gasteiger partial charge on any atom is 0.242 e. The van der Waals surface area contributed by atoms with Crippen molar-refractivity contribution in [1.29, 1.82) is 0 Å². The standard InChI is InChI=1S/C15H29N3O2/c1-4-9-17-11-15(20)18(12-14(17)19)10-7-6-8-13(3)16-5-2/h13,16H,4-12H2,1-3H3. The van der Waals surface area contributed by atoms with Crippen molar-refractivity contribution in [2.45, 2.75) is 52.5 Å². The molecule has 0 aromatic rings. The van der Waals surface area contributed by atoms with Gasteiger partial charge in [-0.05, 0) is 32.7 Å². The van der Waals surface area contributed by atoms with Crippen LogP contribution in [-0.4, -0.2) is 60.4 Å². The highest BCUT2D eigenvalue weighted by Crippen LogP contribution is 2.08. The monoisotopic (exact) mass is 283 g/mol. The van der Waals surface area contributed by atoms with Gasteiger partial charge in [0.25, 0.3) is 0 Å². The number of nitrogens with zero attached hydrogens (tertiary/aromatic N) is 2. The molecule has 1 saturated heterocycles. The molecule has 1 N–H and O–H groups in total. The van der Waals surface area contributed by atoms with E-state index >= 15 is 0 Å². The largest absolute Gasteiger partial charge is 0.332 e. The molecule has 1 fully saturated rings. The highest BCUT2D eigenvalue weighted by molar-refractivity contribution is 5.92. The summed E-state index contributed by atoms with van der Waals surface area (Å²) in [5.74, 6) is 0.185. The maximum absolute atomic E-state index is 12.0. The molecule has 0 radical (unpaired) electrons. The van der Waals surface area contributed by atoms with Crippen LogP contribution in [-0.2, 0) is 9.59 Å². The minimum Gasteiger partial charge on any atom is -0.332 e. The van der Waals surface area contributed by atoms with Crippen LogP contribution in [0.1, 0.15) is 46.5 Å². The number of amides is 2. The van der Waals surface area contributed by atoms with Crippen LogP contribution < -0.4 is 5.32 Å². The molecule has 20 heavy (non-hydrogen) atoms. The first-order chi connectivity index (χ1) is 9.58. The van der Waals surface area contributed by atoms with E-state index in [1.54, 1.807) is 9.80 Å². The van der Waals surface area contributed by atoms with E-state index in [-0.39, 0.29) is 24.9 Å². The van der Waals surface area contributed by atoms with E-state index in [0.29, 0.717) is 19.1 Å². The molecule has 0 bridgehead atoms. The normalized spacial score (nSPS) is 17.8. The Hall–Kier alpha value is -1.10. The summed E-state index contributed by atoms with van der Waals surface area (Å²) in [7, 11) is 0. The third kappa shape index (κ3) is 5.49. The molecule has 0 aromatic heterocycles. The molecular weight excluding hydrogens is 254 g/mol. The fourth-order valence-electron chi connectivity index (χ4n) is 2.58. The van der Waals surface area contributed by atoms with E-state index in [1.165, 1.54) is 0 Å². The quantitative estimate of drug-likeness (QED) is 0.648. The van der Waals surface area contributed by atoms with Gasteiger partial charge in [-0.25, -0.2) is 0 Å². The molecular formula is C15H29N3O2. The zero-order valence-corrected chi connectivity index (χ0v) is 13.2. The SMILES string of the molecule is CCCN1CC(=O)N(CCCCC(C)NCC)CC1=O. The van der Waals surface area contributed by atoms with Crippen molar-refractivity contribution < 1.29 is 9.59 Å². The molecule has 2 amide bonds. The van der Waals surface area contributed by atoms with Gasteiger partial charge in [-0.3, -0.25) is 9.59 Å². The van der Waals surface area contributed by atoms with Crippen molar-refractivity contribution in [2.24, 2.45) is 0 Å². The Morgan fingerprint density at radius 1 is 1.05 bits per heavy atom. The summed E-state index contributed by atoms with van der Waals surface area (Å²) in [5, 5.41) is 3.38. The van der Waals surface area contributed by atoms with Crippen molar-refractivity contribution in [3.05, 3.63) is 0 Å². The lowest BCUT2D eigenvalue weighted by Gasteiger charge is -2.33. The Kier molecular flexibility index (Phi) is 7.59. The zero-order chi connectivity index (χ0) is 15.0. The zero-order valence-electron chi connectivity index (χ0n) is 13.2. The molecule has 116 valence electrons. The van der Waals surface area contributed by atoms with Crippen LogP contribution in [0.3, 0.4) is 0 Å². The third-order valence-corrected chi connectivity index (χ3v) is 3.72. The average molecular weight is 283 g/mol. The number of nitrogens with one attached hydrogen (secondary N) is 1. The topological polar surface area (TPSA) is 52.7 Å². The summed E-state index contributed by atoms with van der Waals surface area (Å²) in [4.78, 5) is 27.3. The lowest BCUT2D eigenvalue weighted by molar-refractivity contribution is -0.150. The smallest absolute Gasteiger partial charge is 0.242 e. The highest BCUT2D eigenvalue weighted by Gasteiger charge is 2.28. The Balaban J connectivity index is 2.24. The van der Waals surface area contributed by atoms with Crippen LogP contribution >= 0.6 is 0 Å². The predicted octanol–water partition coefficient (Wildman–Crippen LogP) is 1.24.